The molecule has 3 aromatic heterocycles. The Labute approximate surface area is 162 Å². The molecule has 4 fully saturated rings. The van der Waals surface area contributed by atoms with Gasteiger partial charge in [-0.25, -0.2) is 19.3 Å². The first-order valence-corrected chi connectivity index (χ1v) is 10.2. The van der Waals surface area contributed by atoms with Crippen LogP contribution in [0.15, 0.2) is 18.3 Å². The normalized spacial score (nSPS) is 30.9. The van der Waals surface area contributed by atoms with Crippen molar-refractivity contribution < 1.29 is 4.39 Å². The Bertz CT molecular complexity index is 1040. The van der Waals surface area contributed by atoms with Crippen molar-refractivity contribution in [1.29, 1.82) is 0 Å². The highest BCUT2D eigenvalue weighted by molar-refractivity contribution is 5.88. The van der Waals surface area contributed by atoms with E-state index in [0.717, 1.165) is 35.1 Å². The Hall–Kier alpha value is -2.57. The number of hydrogen-bond donors (Lipinski definition) is 2. The quantitative estimate of drug-likeness (QED) is 0.706. The SMILES string of the molecule is Cc1cc(Nc2n[nH]c3ncc(F)cc23)nc(C23CC4CC(CC(C4)C2)C3)n1. The standard InChI is InChI=1S/C21H23FN6/c1-11-2-17(25-19-16-6-15(22)10-23-18(16)27-28-19)26-20(24-11)21-7-12-3-13(8-21)5-14(4-12)9-21/h2,6,10,12-14H,3-5,7-9H2,1H3,(H2,23,24,25,26,27,28). The fourth-order valence-corrected chi connectivity index (χ4v) is 6.35. The number of anilines is 2. The Kier molecular flexibility index (Phi) is 3.35. The number of rotatable bonds is 3. The first-order valence-electron chi connectivity index (χ1n) is 10.2. The molecule has 0 saturated heterocycles. The van der Waals surface area contributed by atoms with Crippen molar-refractivity contribution in [2.45, 2.75) is 50.9 Å². The Balaban J connectivity index is 1.38. The van der Waals surface area contributed by atoms with Crippen LogP contribution in [-0.2, 0) is 5.41 Å². The Morgan fingerprint density at radius 3 is 2.50 bits per heavy atom. The monoisotopic (exact) mass is 378 g/mol. The second-order valence-electron chi connectivity index (χ2n) is 9.16. The third-order valence-corrected chi connectivity index (χ3v) is 7.00. The van der Waals surface area contributed by atoms with Gasteiger partial charge in [0.2, 0.25) is 0 Å². The van der Waals surface area contributed by atoms with Crippen LogP contribution in [0.5, 0.6) is 0 Å². The number of aromatic amines is 1. The molecule has 0 aliphatic heterocycles. The molecule has 0 spiro atoms. The zero-order valence-electron chi connectivity index (χ0n) is 15.9. The summed E-state index contributed by atoms with van der Waals surface area (Å²) in [6, 6.07) is 3.36. The molecule has 6 nitrogen and oxygen atoms in total. The highest BCUT2D eigenvalue weighted by atomic mass is 19.1. The highest BCUT2D eigenvalue weighted by Gasteiger charge is 2.53. The number of pyridine rings is 1. The minimum Gasteiger partial charge on any atom is -0.323 e. The average molecular weight is 378 g/mol. The lowest BCUT2D eigenvalue weighted by Gasteiger charge is -2.56. The lowest BCUT2D eigenvalue weighted by Crippen LogP contribution is -2.49. The first-order chi connectivity index (χ1) is 13.6. The number of H-pyrrole nitrogens is 1. The molecule has 7 rings (SSSR count). The molecule has 0 atom stereocenters. The van der Waals surface area contributed by atoms with Gasteiger partial charge in [0.05, 0.1) is 11.6 Å². The number of nitrogens with zero attached hydrogens (tertiary/aromatic N) is 4. The summed E-state index contributed by atoms with van der Waals surface area (Å²) in [4.78, 5) is 13.9. The Morgan fingerprint density at radius 2 is 1.79 bits per heavy atom. The van der Waals surface area contributed by atoms with Crippen molar-refractivity contribution >= 4 is 22.7 Å². The minimum atomic E-state index is -0.384. The van der Waals surface area contributed by atoms with E-state index in [9.17, 15) is 4.39 Å². The number of aryl methyl sites for hydroxylation is 1. The van der Waals surface area contributed by atoms with Gasteiger partial charge in [0, 0.05) is 17.2 Å². The zero-order chi connectivity index (χ0) is 18.9. The number of nitrogens with one attached hydrogen (secondary N) is 2. The number of fused-ring (bicyclic) bond motifs is 1. The van der Waals surface area contributed by atoms with Gasteiger partial charge in [-0.05, 0) is 69.3 Å². The fourth-order valence-electron chi connectivity index (χ4n) is 6.35. The van der Waals surface area contributed by atoms with Crippen LogP contribution in [-0.4, -0.2) is 25.1 Å². The smallest absolute Gasteiger partial charge is 0.163 e. The summed E-state index contributed by atoms with van der Waals surface area (Å²) in [5.74, 6) is 4.39. The largest absolute Gasteiger partial charge is 0.323 e. The van der Waals surface area contributed by atoms with Gasteiger partial charge in [0.15, 0.2) is 11.5 Å². The number of aromatic nitrogens is 5. The summed E-state index contributed by atoms with van der Waals surface area (Å²) in [7, 11) is 0. The van der Waals surface area contributed by atoms with Gasteiger partial charge in [-0.2, -0.15) is 5.10 Å². The van der Waals surface area contributed by atoms with E-state index in [2.05, 4.69) is 20.5 Å². The lowest BCUT2D eigenvalue weighted by molar-refractivity contribution is -0.00940. The molecule has 3 heterocycles. The number of hydrogen-bond acceptors (Lipinski definition) is 5. The van der Waals surface area contributed by atoms with E-state index < -0.39 is 0 Å². The molecule has 4 aliphatic rings. The van der Waals surface area contributed by atoms with Crippen LogP contribution < -0.4 is 5.32 Å². The molecule has 0 unspecified atom stereocenters. The van der Waals surface area contributed by atoms with Crippen molar-refractivity contribution in [3.05, 3.63) is 35.7 Å². The van der Waals surface area contributed by atoms with E-state index in [1.165, 1.54) is 50.8 Å². The molecule has 0 radical (unpaired) electrons. The molecule has 144 valence electrons. The summed E-state index contributed by atoms with van der Waals surface area (Å²) in [6.45, 7) is 2.01. The van der Waals surface area contributed by atoms with Crippen molar-refractivity contribution in [3.8, 4) is 0 Å². The van der Waals surface area contributed by atoms with Crippen molar-refractivity contribution in [1.82, 2.24) is 25.1 Å². The summed E-state index contributed by atoms with van der Waals surface area (Å²) in [6.07, 6.45) is 9.05. The number of halogens is 1. The molecule has 28 heavy (non-hydrogen) atoms. The summed E-state index contributed by atoms with van der Waals surface area (Å²) in [5.41, 5.74) is 1.64. The van der Waals surface area contributed by atoms with E-state index in [1.54, 1.807) is 0 Å². The second-order valence-corrected chi connectivity index (χ2v) is 9.16. The third-order valence-electron chi connectivity index (χ3n) is 7.00. The topological polar surface area (TPSA) is 79.4 Å². The van der Waals surface area contributed by atoms with Gasteiger partial charge in [-0.15, -0.1) is 0 Å². The van der Waals surface area contributed by atoms with Crippen LogP contribution in [0.4, 0.5) is 16.0 Å². The molecule has 7 heteroatoms. The van der Waals surface area contributed by atoms with Gasteiger partial charge in [0.25, 0.3) is 0 Å². The molecule has 4 saturated carbocycles. The van der Waals surface area contributed by atoms with Crippen molar-refractivity contribution in [2.75, 3.05) is 5.32 Å². The average Bonchev–Trinajstić information content (AvgIpc) is 3.02. The van der Waals surface area contributed by atoms with Gasteiger partial charge in [-0.3, -0.25) is 5.10 Å². The van der Waals surface area contributed by atoms with Gasteiger partial charge < -0.3 is 5.32 Å². The fraction of sp³-hybridized carbons (Fsp3) is 0.524. The van der Waals surface area contributed by atoms with E-state index in [-0.39, 0.29) is 11.2 Å². The summed E-state index contributed by atoms with van der Waals surface area (Å²) in [5, 5.41) is 11.0. The van der Waals surface area contributed by atoms with Crippen LogP contribution in [0.1, 0.15) is 50.0 Å². The van der Waals surface area contributed by atoms with Gasteiger partial charge >= 0.3 is 0 Å². The molecule has 0 amide bonds. The van der Waals surface area contributed by atoms with Crippen LogP contribution in [0.25, 0.3) is 11.0 Å². The third kappa shape index (κ3) is 2.52. The van der Waals surface area contributed by atoms with Crippen LogP contribution in [0.3, 0.4) is 0 Å². The Morgan fingerprint density at radius 1 is 1.07 bits per heavy atom. The molecule has 4 aliphatic carbocycles. The molecular weight excluding hydrogens is 355 g/mol. The maximum Gasteiger partial charge on any atom is 0.163 e. The molecule has 0 aromatic carbocycles. The van der Waals surface area contributed by atoms with Crippen molar-refractivity contribution in [2.24, 2.45) is 17.8 Å². The van der Waals surface area contributed by atoms with Gasteiger partial charge in [-0.1, -0.05) is 0 Å². The summed E-state index contributed by atoms with van der Waals surface area (Å²) < 4.78 is 13.6. The maximum atomic E-state index is 13.6. The first kappa shape index (κ1) is 16.4. The lowest BCUT2D eigenvalue weighted by atomic mass is 9.49. The van der Waals surface area contributed by atoms with Crippen LogP contribution in [0, 0.1) is 30.5 Å². The van der Waals surface area contributed by atoms with Crippen LogP contribution >= 0.6 is 0 Å². The van der Waals surface area contributed by atoms with Gasteiger partial charge in [0.1, 0.15) is 17.5 Å². The van der Waals surface area contributed by atoms with E-state index in [1.807, 2.05) is 13.0 Å². The van der Waals surface area contributed by atoms with E-state index in [0.29, 0.717) is 16.9 Å². The summed E-state index contributed by atoms with van der Waals surface area (Å²) >= 11 is 0. The predicted molar refractivity (Wildman–Crippen MR) is 104 cm³/mol. The zero-order valence-corrected chi connectivity index (χ0v) is 15.9. The molecule has 3 aromatic rings. The van der Waals surface area contributed by atoms with Crippen molar-refractivity contribution in [3.63, 3.8) is 0 Å². The second kappa shape index (κ2) is 5.72. The molecule has 2 N–H and O–H groups in total. The maximum absolute atomic E-state index is 13.6. The van der Waals surface area contributed by atoms with E-state index >= 15 is 0 Å². The highest BCUT2D eigenvalue weighted by Crippen LogP contribution is 2.60. The predicted octanol–water partition coefficient (Wildman–Crippen LogP) is 4.41. The molecular formula is C21H23FN6. The molecule has 4 bridgehead atoms. The van der Waals surface area contributed by atoms with E-state index in [4.69, 9.17) is 9.97 Å². The minimum absolute atomic E-state index is 0.137. The van der Waals surface area contributed by atoms with Crippen LogP contribution in [0.2, 0.25) is 0 Å².